The van der Waals surface area contributed by atoms with Gasteiger partial charge >= 0.3 is 0 Å². The van der Waals surface area contributed by atoms with Gasteiger partial charge in [0.1, 0.15) is 0 Å². The Morgan fingerprint density at radius 2 is 1.30 bits per heavy atom. The van der Waals surface area contributed by atoms with Crippen LogP contribution in [-0.4, -0.2) is 9.05 Å². The van der Waals surface area contributed by atoms with Crippen LogP contribution in [0.5, 0.6) is 0 Å². The van der Waals surface area contributed by atoms with Gasteiger partial charge in [-0.25, -0.2) is 0 Å². The topological polar surface area (TPSA) is 30.9 Å². The van der Waals surface area contributed by atoms with Crippen LogP contribution in [0.2, 0.25) is 0 Å². The quantitative estimate of drug-likeness (QED) is 0.297. The van der Waals surface area contributed by atoms with Crippen LogP contribution >= 0.6 is 35.8 Å². The molecule has 0 saturated carbocycles. The Kier molecular flexibility index (Phi) is 50.9. The van der Waals surface area contributed by atoms with Crippen molar-refractivity contribution in [1.29, 1.82) is 0 Å². The van der Waals surface area contributed by atoms with Crippen molar-refractivity contribution < 1.29 is 63.1 Å². The van der Waals surface area contributed by atoms with E-state index in [1.54, 1.807) is 0 Å². The van der Waals surface area contributed by atoms with Crippen molar-refractivity contribution in [2.45, 2.75) is 0 Å². The summed E-state index contributed by atoms with van der Waals surface area (Å²) in [5.74, 6) is 0. The molecular formula is CH3Cl5IrN2S-2. The van der Waals surface area contributed by atoms with Crippen molar-refractivity contribution in [3.63, 3.8) is 0 Å². The predicted molar refractivity (Wildman–Crippen MR) is 29.0 cm³/mol. The molecule has 0 fully saturated rings. The normalized spacial score (nSPS) is 4.70. The van der Waals surface area contributed by atoms with Crippen LogP contribution in [0.3, 0.4) is 0 Å². The van der Waals surface area contributed by atoms with E-state index >= 15 is 0 Å². The Bertz CT molecular complexity index is 70.7. The van der Waals surface area contributed by atoms with Gasteiger partial charge in [-0.1, -0.05) is 0 Å². The SMILES string of the molecule is [Cl-].[Cl-].[Cl-].[Ir].[NH3+]C(=S)N(Cl)Cl. The maximum atomic E-state index is 5.01. The molecule has 9 heteroatoms. The van der Waals surface area contributed by atoms with Crippen molar-refractivity contribution in [2.24, 2.45) is 0 Å². The molecule has 3 N–H and O–H groups in total. The fourth-order valence-electron chi connectivity index (χ4n) is 0. The summed E-state index contributed by atoms with van der Waals surface area (Å²) in [6, 6.07) is 0. The van der Waals surface area contributed by atoms with Crippen LogP contribution in [0, 0.1) is 0 Å². The molecule has 0 aromatic rings. The largest absolute Gasteiger partial charge is 1.00 e. The Hall–Kier alpha value is 1.95. The van der Waals surface area contributed by atoms with Crippen molar-refractivity contribution >= 4 is 40.9 Å². The Morgan fingerprint density at radius 1 is 1.20 bits per heavy atom. The average molecular weight is 445 g/mol. The predicted octanol–water partition coefficient (Wildman–Crippen LogP) is -8.87. The van der Waals surface area contributed by atoms with Crippen LogP contribution in [0.1, 0.15) is 0 Å². The standard InChI is InChI=1S/CH2Cl2N2S.3ClH.Ir/c2-5(3)1(4)6;;;;/h(H2,4,6);3*1H;/p-2. The molecule has 0 aliphatic heterocycles. The number of nitrogens with zero attached hydrogens (tertiary/aromatic N) is 1. The van der Waals surface area contributed by atoms with Crippen molar-refractivity contribution in [2.75, 3.05) is 0 Å². The fraction of sp³-hybridized carbons (Fsp3) is 0. The number of halogens is 5. The molecule has 2 nitrogen and oxygen atoms in total. The number of rotatable bonds is 0. The monoisotopic (exact) mass is 443 g/mol. The summed E-state index contributed by atoms with van der Waals surface area (Å²) in [6.07, 6.45) is 0. The van der Waals surface area contributed by atoms with Gasteiger partial charge in [0.25, 0.3) is 5.11 Å². The Morgan fingerprint density at radius 3 is 1.30 bits per heavy atom. The second-order valence-electron chi connectivity index (χ2n) is 0.627. The molecule has 69 valence electrons. The number of hydrogen-bond donors (Lipinski definition) is 1. The molecular weight excluding hydrogens is 442 g/mol. The first-order chi connectivity index (χ1) is 2.64. The molecule has 0 aliphatic carbocycles. The summed E-state index contributed by atoms with van der Waals surface area (Å²) in [7, 11) is 0. The maximum Gasteiger partial charge on any atom is 0.297 e. The van der Waals surface area contributed by atoms with E-state index in [0.717, 1.165) is 3.94 Å². The molecule has 0 aromatic carbocycles. The van der Waals surface area contributed by atoms with Crippen molar-refractivity contribution in [3.05, 3.63) is 0 Å². The summed E-state index contributed by atoms with van der Waals surface area (Å²) in [6.45, 7) is 0. The average Bonchev–Trinajstić information content (AvgIpc) is 1.36. The van der Waals surface area contributed by atoms with Crippen LogP contribution in [0.4, 0.5) is 0 Å². The van der Waals surface area contributed by atoms with Gasteiger partial charge in [-0.05, 0) is 0 Å². The summed E-state index contributed by atoms with van der Waals surface area (Å²) in [5.41, 5.74) is 3.23. The molecule has 0 aromatic heterocycles. The first-order valence-corrected chi connectivity index (χ1v) is 2.20. The summed E-state index contributed by atoms with van der Waals surface area (Å²) in [4.78, 5) is 0. The molecule has 0 heterocycles. The third-order valence-corrected chi connectivity index (χ3v) is 0.980. The second-order valence-corrected chi connectivity index (χ2v) is 1.95. The zero-order valence-corrected chi connectivity index (χ0v) is 11.3. The van der Waals surface area contributed by atoms with E-state index < -0.39 is 0 Å². The van der Waals surface area contributed by atoms with E-state index in [0.29, 0.717) is 0 Å². The maximum absolute atomic E-state index is 5.01. The summed E-state index contributed by atoms with van der Waals surface area (Å²) >= 11 is 14.4. The van der Waals surface area contributed by atoms with E-state index in [9.17, 15) is 0 Å². The van der Waals surface area contributed by atoms with Crippen LogP contribution in [-0.2, 0) is 20.1 Å². The first-order valence-electron chi connectivity index (χ1n) is 1.12. The summed E-state index contributed by atoms with van der Waals surface area (Å²) in [5, 5.41) is 0.207. The molecule has 0 spiro atoms. The van der Waals surface area contributed by atoms with Gasteiger partial charge < -0.3 is 37.2 Å². The van der Waals surface area contributed by atoms with E-state index in [-0.39, 0.29) is 62.4 Å². The van der Waals surface area contributed by atoms with Crippen LogP contribution in [0.15, 0.2) is 0 Å². The Balaban J connectivity index is -0.0000000208. The zero-order valence-electron chi connectivity index (χ0n) is 4.29. The number of thiocarbonyl (C=S) groups is 1. The van der Waals surface area contributed by atoms with E-state index in [1.807, 2.05) is 0 Å². The van der Waals surface area contributed by atoms with Gasteiger partial charge in [0.05, 0.1) is 0 Å². The second kappa shape index (κ2) is 17.2. The van der Waals surface area contributed by atoms with Gasteiger partial charge in [-0.2, -0.15) is 0 Å². The first kappa shape index (κ1) is 29.7. The third-order valence-electron chi connectivity index (χ3n) is 0.189. The molecule has 0 bridgehead atoms. The third kappa shape index (κ3) is 22.5. The van der Waals surface area contributed by atoms with E-state index in [2.05, 4.69) is 18.0 Å². The molecule has 0 saturated heterocycles. The number of hydrogen-bond acceptors (Lipinski definition) is 1. The Labute approximate surface area is 107 Å². The number of quaternary nitrogens is 1. The van der Waals surface area contributed by atoms with Crippen LogP contribution < -0.4 is 43.0 Å². The van der Waals surface area contributed by atoms with Gasteiger partial charge in [-0.3, -0.25) is 5.73 Å². The zero-order chi connectivity index (χ0) is 5.15. The minimum absolute atomic E-state index is 0. The molecule has 0 rings (SSSR count). The van der Waals surface area contributed by atoms with Gasteiger partial charge in [0.2, 0.25) is 0 Å². The molecule has 10 heavy (non-hydrogen) atoms. The van der Waals surface area contributed by atoms with Gasteiger partial charge in [0, 0.05) is 55.9 Å². The van der Waals surface area contributed by atoms with E-state index in [4.69, 9.17) is 23.6 Å². The molecule has 0 aliphatic rings. The summed E-state index contributed by atoms with van der Waals surface area (Å²) < 4.78 is 0.731. The molecule has 0 unspecified atom stereocenters. The molecule has 0 atom stereocenters. The van der Waals surface area contributed by atoms with Gasteiger partial charge in [0.15, 0.2) is 0 Å². The molecule has 0 amide bonds. The van der Waals surface area contributed by atoms with Crippen LogP contribution in [0.25, 0.3) is 0 Å². The minimum Gasteiger partial charge on any atom is -1.00 e. The molecule has 1 radical (unpaired) electrons. The smallest absolute Gasteiger partial charge is 0.297 e. The van der Waals surface area contributed by atoms with Crippen molar-refractivity contribution in [1.82, 2.24) is 3.94 Å². The van der Waals surface area contributed by atoms with Gasteiger partial charge in [-0.15, -0.1) is 3.94 Å². The van der Waals surface area contributed by atoms with E-state index in [1.165, 1.54) is 0 Å². The van der Waals surface area contributed by atoms with Crippen molar-refractivity contribution in [3.8, 4) is 0 Å². The minimum atomic E-state index is 0. The fourth-order valence-corrected chi connectivity index (χ4v) is 0.